The van der Waals surface area contributed by atoms with Crippen molar-refractivity contribution in [3.05, 3.63) is 28.9 Å². The minimum absolute atomic E-state index is 0.0245. The van der Waals surface area contributed by atoms with Gasteiger partial charge in [-0.25, -0.2) is 0 Å². The van der Waals surface area contributed by atoms with E-state index in [4.69, 9.17) is 16.3 Å². The summed E-state index contributed by atoms with van der Waals surface area (Å²) in [6.07, 6.45) is 13.8. The van der Waals surface area contributed by atoms with Gasteiger partial charge < -0.3 is 20.1 Å². The monoisotopic (exact) mass is 615 g/mol. The average molecular weight is 616 g/mol. The number of nitrogens with one attached hydrogen (secondary N) is 2. The van der Waals surface area contributed by atoms with E-state index in [2.05, 4.69) is 27.4 Å². The fourth-order valence-electron chi connectivity index (χ4n) is 4.84. The van der Waals surface area contributed by atoms with Crippen molar-refractivity contribution in [2.24, 2.45) is 5.41 Å². The van der Waals surface area contributed by atoms with Gasteiger partial charge in [-0.15, -0.1) is 9.73 Å². The summed E-state index contributed by atoms with van der Waals surface area (Å²) in [5.41, 5.74) is 0.923. The molecule has 0 bridgehead atoms. The van der Waals surface area contributed by atoms with E-state index in [0.717, 1.165) is 25.0 Å². The molecular formula is C33H50ClN5O4. The number of ether oxygens (including phenoxy) is 1. The summed E-state index contributed by atoms with van der Waals surface area (Å²) >= 11 is 6.52. The Morgan fingerprint density at radius 2 is 1.56 bits per heavy atom. The zero-order chi connectivity index (χ0) is 31.6. The van der Waals surface area contributed by atoms with Crippen molar-refractivity contribution in [1.29, 1.82) is 0 Å². The number of hydrogen-bond acceptors (Lipinski definition) is 6. The molecule has 0 aliphatic heterocycles. The molecule has 3 aromatic rings. The van der Waals surface area contributed by atoms with Crippen LogP contribution in [0.4, 0.5) is 5.69 Å². The molecule has 0 atom stereocenters. The molecule has 0 unspecified atom stereocenters. The summed E-state index contributed by atoms with van der Waals surface area (Å²) < 4.78 is 6.86. The Morgan fingerprint density at radius 3 is 2.12 bits per heavy atom. The van der Waals surface area contributed by atoms with E-state index in [-0.39, 0.29) is 29.6 Å². The summed E-state index contributed by atoms with van der Waals surface area (Å²) in [4.78, 5) is 28.4. The summed E-state index contributed by atoms with van der Waals surface area (Å²) in [6.45, 7) is 11.7. The Hall–Kier alpha value is -3.07. The summed E-state index contributed by atoms with van der Waals surface area (Å²) in [6, 6.07) is 4.78. The maximum atomic E-state index is 13.0. The molecule has 2 aromatic heterocycles. The highest BCUT2D eigenvalue weighted by atomic mass is 35.5. The lowest BCUT2D eigenvalue weighted by molar-refractivity contribution is -0.148. The molecule has 0 saturated carbocycles. The first-order chi connectivity index (χ1) is 20.3. The molecule has 0 radical (unpaired) electrons. The molecule has 0 fully saturated rings. The first kappa shape index (κ1) is 34.4. The number of carbonyl (C=O) groups excluding carboxylic acids is 2. The minimum atomic E-state index is -0.950. The Labute approximate surface area is 261 Å². The highest BCUT2D eigenvalue weighted by molar-refractivity contribution is 6.34. The molecule has 3 rings (SSSR count). The summed E-state index contributed by atoms with van der Waals surface area (Å²) in [7, 11) is 0. The van der Waals surface area contributed by atoms with Gasteiger partial charge in [-0.3, -0.25) is 9.59 Å². The number of aromatic hydroxyl groups is 1. The van der Waals surface area contributed by atoms with E-state index in [1.54, 1.807) is 26.0 Å². The number of nitrogens with zero attached hydrogens (tertiary/aromatic N) is 3. The lowest BCUT2D eigenvalue weighted by Crippen LogP contribution is -2.35. The van der Waals surface area contributed by atoms with Gasteiger partial charge in [0.05, 0.1) is 16.7 Å². The second kappa shape index (κ2) is 15.6. The van der Waals surface area contributed by atoms with Crippen LogP contribution in [0.1, 0.15) is 124 Å². The van der Waals surface area contributed by atoms with Crippen LogP contribution in [0.2, 0.25) is 5.02 Å². The first-order valence-electron chi connectivity index (χ1n) is 15.8. The normalized spacial score (nSPS) is 12.2. The van der Waals surface area contributed by atoms with Crippen molar-refractivity contribution in [2.75, 3.05) is 11.9 Å². The van der Waals surface area contributed by atoms with Gasteiger partial charge in [0.15, 0.2) is 11.5 Å². The molecule has 10 heteroatoms. The Morgan fingerprint density at radius 1 is 0.953 bits per heavy atom. The van der Waals surface area contributed by atoms with E-state index < -0.39 is 5.41 Å². The topological polar surface area (TPSA) is 122 Å². The zero-order valence-electron chi connectivity index (χ0n) is 26.8. The number of carbonyl (C=O) groups is 2. The fourth-order valence-corrected chi connectivity index (χ4v) is 5.28. The van der Waals surface area contributed by atoms with Crippen molar-refractivity contribution in [3.8, 4) is 17.1 Å². The molecule has 9 nitrogen and oxygen atoms in total. The number of benzene rings is 1. The van der Waals surface area contributed by atoms with Crippen LogP contribution in [-0.2, 0) is 19.7 Å². The summed E-state index contributed by atoms with van der Waals surface area (Å²) in [5, 5.41) is 22.9. The lowest BCUT2D eigenvalue weighted by atomic mass is 9.92. The number of aromatic nitrogens is 4. The number of amides is 1. The lowest BCUT2D eigenvalue weighted by Gasteiger charge is -2.23. The molecule has 0 aliphatic carbocycles. The number of phenols is 1. The SMILES string of the molecule is CCCCCCCCCCCCCC(=O)OCC(C)(C)C(=O)Nc1ccc(-c2nn3nc(C(C)(C)C)c(Cl)c3[nH]2)c(O)c1. The number of esters is 1. The van der Waals surface area contributed by atoms with Crippen LogP contribution in [0.5, 0.6) is 5.75 Å². The van der Waals surface area contributed by atoms with Gasteiger partial charge in [0.25, 0.3) is 0 Å². The number of aromatic amines is 1. The number of phenolic OH excluding ortho intramolecular Hbond substituents is 1. The molecule has 2 heterocycles. The van der Waals surface area contributed by atoms with E-state index in [1.165, 1.54) is 62.1 Å². The largest absolute Gasteiger partial charge is 0.507 e. The van der Waals surface area contributed by atoms with E-state index in [0.29, 0.717) is 34.2 Å². The number of hydrogen-bond donors (Lipinski definition) is 3. The predicted octanol–water partition coefficient (Wildman–Crippen LogP) is 8.59. The highest BCUT2D eigenvalue weighted by Gasteiger charge is 2.30. The Kier molecular flexibility index (Phi) is 12.5. The van der Waals surface area contributed by atoms with Gasteiger partial charge in [-0.1, -0.05) is 104 Å². The van der Waals surface area contributed by atoms with Crippen molar-refractivity contribution >= 4 is 34.8 Å². The second-order valence-electron chi connectivity index (χ2n) is 13.2. The van der Waals surface area contributed by atoms with Crippen molar-refractivity contribution in [3.63, 3.8) is 0 Å². The third-order valence-corrected chi connectivity index (χ3v) is 8.01. The first-order valence-corrected chi connectivity index (χ1v) is 16.2. The van der Waals surface area contributed by atoms with Crippen LogP contribution in [0.25, 0.3) is 17.0 Å². The second-order valence-corrected chi connectivity index (χ2v) is 13.6. The smallest absolute Gasteiger partial charge is 0.305 e. The van der Waals surface area contributed by atoms with E-state index in [1.807, 2.05) is 20.8 Å². The fraction of sp³-hybridized carbons (Fsp3) is 0.636. The minimum Gasteiger partial charge on any atom is -0.507 e. The van der Waals surface area contributed by atoms with Gasteiger partial charge in [0.1, 0.15) is 17.4 Å². The molecular weight excluding hydrogens is 566 g/mol. The molecule has 238 valence electrons. The number of anilines is 1. The number of rotatable bonds is 17. The molecule has 3 N–H and O–H groups in total. The van der Waals surface area contributed by atoms with E-state index >= 15 is 0 Å². The van der Waals surface area contributed by atoms with Crippen molar-refractivity contribution in [2.45, 2.75) is 124 Å². The Bertz CT molecular complexity index is 1360. The van der Waals surface area contributed by atoms with Gasteiger partial charge in [0, 0.05) is 23.6 Å². The number of unbranched alkanes of at least 4 members (excludes halogenated alkanes) is 10. The van der Waals surface area contributed by atoms with Crippen LogP contribution in [0.3, 0.4) is 0 Å². The maximum absolute atomic E-state index is 13.0. The van der Waals surface area contributed by atoms with Crippen LogP contribution < -0.4 is 5.32 Å². The van der Waals surface area contributed by atoms with Crippen LogP contribution in [0, 0.1) is 5.41 Å². The van der Waals surface area contributed by atoms with Gasteiger partial charge in [-0.05, 0) is 32.4 Å². The summed E-state index contributed by atoms with van der Waals surface area (Å²) in [5.74, 6) is -0.276. The maximum Gasteiger partial charge on any atom is 0.305 e. The molecule has 43 heavy (non-hydrogen) atoms. The van der Waals surface area contributed by atoms with Gasteiger partial charge in [-0.2, -0.15) is 5.10 Å². The third-order valence-electron chi connectivity index (χ3n) is 7.66. The molecule has 1 amide bonds. The average Bonchev–Trinajstić information content (AvgIpc) is 3.49. The number of fused-ring (bicyclic) bond motifs is 1. The van der Waals surface area contributed by atoms with E-state index in [9.17, 15) is 14.7 Å². The standard InChI is InChI=1S/C33H50ClN5O4/c1-7-8-9-10-11-12-13-14-15-16-17-18-26(41)43-22-33(5,6)31(42)35-23-19-20-24(25(40)21-23)29-36-30-27(34)28(32(2,3)4)37-39(30)38-29/h19-21,40H,7-18,22H2,1-6H3,(H,35,42)(H,36,38). The molecule has 1 aromatic carbocycles. The molecule has 0 aliphatic rings. The van der Waals surface area contributed by atoms with Crippen LogP contribution in [0.15, 0.2) is 18.2 Å². The number of H-pyrrole nitrogens is 1. The van der Waals surface area contributed by atoms with Gasteiger partial charge in [0.2, 0.25) is 5.91 Å². The van der Waals surface area contributed by atoms with Crippen LogP contribution in [-0.4, -0.2) is 43.4 Å². The highest BCUT2D eigenvalue weighted by Crippen LogP contribution is 2.34. The molecule has 0 spiro atoms. The predicted molar refractivity (Wildman–Crippen MR) is 173 cm³/mol. The zero-order valence-corrected chi connectivity index (χ0v) is 27.6. The molecule has 0 saturated heterocycles. The van der Waals surface area contributed by atoms with Crippen LogP contribution >= 0.6 is 11.6 Å². The van der Waals surface area contributed by atoms with Gasteiger partial charge >= 0.3 is 5.97 Å². The van der Waals surface area contributed by atoms with Crippen molar-refractivity contribution in [1.82, 2.24) is 19.8 Å². The van der Waals surface area contributed by atoms with Crippen molar-refractivity contribution < 1.29 is 19.4 Å². The third kappa shape index (κ3) is 9.98. The number of halogens is 1. The Balaban J connectivity index is 1.42. The quantitative estimate of drug-likeness (QED) is 0.103.